The highest BCUT2D eigenvalue weighted by atomic mass is 35.5. The highest BCUT2D eigenvalue weighted by Crippen LogP contribution is 2.06. The first-order valence-electron chi connectivity index (χ1n) is 3.37. The molecule has 0 amide bonds. The molecule has 1 aromatic rings. The van der Waals surface area contributed by atoms with Crippen LogP contribution in [-0.2, 0) is 0 Å². The molecule has 0 atom stereocenters. The van der Waals surface area contributed by atoms with Crippen molar-refractivity contribution >= 4 is 38.6 Å². The van der Waals surface area contributed by atoms with Crippen molar-refractivity contribution in [1.29, 1.82) is 0 Å². The summed E-state index contributed by atoms with van der Waals surface area (Å²) in [4.78, 5) is 0. The zero-order valence-electron chi connectivity index (χ0n) is 6.93. The maximum Gasteiger partial charge on any atom is 0.226 e. The van der Waals surface area contributed by atoms with E-state index in [4.69, 9.17) is 4.74 Å². The van der Waals surface area contributed by atoms with Crippen LogP contribution < -0.4 is 4.74 Å². The summed E-state index contributed by atoms with van der Waals surface area (Å²) in [5.41, 5.74) is 0. The fourth-order valence-electron chi connectivity index (χ4n) is 0.683. The number of para-hydroxylation sites is 1. The average Bonchev–Trinajstić information content (AvgIpc) is 2.11. The zero-order chi connectivity index (χ0) is 8.53. The van der Waals surface area contributed by atoms with Gasteiger partial charge in [0.25, 0.3) is 0 Å². The third kappa shape index (κ3) is 6.88. The van der Waals surface area contributed by atoms with Crippen molar-refractivity contribution in [2.75, 3.05) is 6.61 Å². The Balaban J connectivity index is 0. The molecule has 0 aliphatic rings. The SMILES string of the molecule is CCOc1ccccc1.Cl.[Al][SH]. The van der Waals surface area contributed by atoms with Crippen molar-refractivity contribution in [3.05, 3.63) is 30.3 Å². The summed E-state index contributed by atoms with van der Waals surface area (Å²) < 4.78 is 5.21. The number of benzene rings is 1. The van der Waals surface area contributed by atoms with Crippen molar-refractivity contribution in [3.8, 4) is 5.75 Å². The van der Waals surface area contributed by atoms with Gasteiger partial charge in [-0.05, 0) is 19.1 Å². The summed E-state index contributed by atoms with van der Waals surface area (Å²) >= 11 is 2.11. The Hall–Kier alpha value is 0.192. The Morgan fingerprint density at radius 1 is 1.25 bits per heavy atom. The molecule has 0 spiro atoms. The Morgan fingerprint density at radius 2 is 1.75 bits per heavy atom. The molecule has 0 bridgehead atoms. The molecule has 0 aliphatic carbocycles. The molecule has 2 radical (unpaired) electrons. The van der Waals surface area contributed by atoms with E-state index in [9.17, 15) is 0 Å². The Kier molecular flexibility index (Phi) is 13.7. The number of hydrogen-bond acceptors (Lipinski definition) is 2. The van der Waals surface area contributed by atoms with E-state index in [0.29, 0.717) is 0 Å². The molecular weight excluding hydrogens is 207 g/mol. The molecule has 0 saturated heterocycles. The average molecular weight is 219 g/mol. The van der Waals surface area contributed by atoms with Crippen LogP contribution in [0.3, 0.4) is 0 Å². The molecule has 1 nitrogen and oxygen atoms in total. The smallest absolute Gasteiger partial charge is 0.226 e. The minimum absolute atomic E-state index is 0. The Bertz CT molecular complexity index is 172. The van der Waals surface area contributed by atoms with Gasteiger partial charge in [-0.2, -0.15) is 0 Å². The molecule has 1 rings (SSSR count). The Morgan fingerprint density at radius 3 is 2.17 bits per heavy atom. The van der Waals surface area contributed by atoms with Gasteiger partial charge in [-0.15, -0.1) is 12.4 Å². The predicted octanol–water partition coefficient (Wildman–Crippen LogP) is 2.51. The summed E-state index contributed by atoms with van der Waals surface area (Å²) in [6, 6.07) is 9.80. The van der Waals surface area contributed by atoms with Crippen molar-refractivity contribution in [2.24, 2.45) is 0 Å². The van der Waals surface area contributed by atoms with E-state index in [0.717, 1.165) is 12.4 Å². The second kappa shape index (κ2) is 11.2. The van der Waals surface area contributed by atoms with Crippen LogP contribution in [0.15, 0.2) is 30.3 Å². The lowest BCUT2D eigenvalue weighted by Crippen LogP contribution is -1.89. The molecule has 12 heavy (non-hydrogen) atoms. The van der Waals surface area contributed by atoms with Gasteiger partial charge in [0.05, 0.1) is 6.61 Å². The van der Waals surface area contributed by atoms with E-state index < -0.39 is 0 Å². The van der Waals surface area contributed by atoms with Crippen LogP contribution in [0.2, 0.25) is 0 Å². The van der Waals surface area contributed by atoms with Crippen LogP contribution in [0.5, 0.6) is 5.75 Å². The van der Waals surface area contributed by atoms with Gasteiger partial charge in [0.15, 0.2) is 0 Å². The molecular formula is C8H12AlClOS. The summed E-state index contributed by atoms with van der Waals surface area (Å²) in [5.74, 6) is 0.944. The molecule has 0 N–H and O–H groups in total. The van der Waals surface area contributed by atoms with Crippen LogP contribution >= 0.6 is 23.4 Å². The summed E-state index contributed by atoms with van der Waals surface area (Å²) in [5, 5.41) is 0. The predicted molar refractivity (Wildman–Crippen MR) is 59.6 cm³/mol. The van der Waals surface area contributed by atoms with E-state index in [2.05, 4.69) is 26.2 Å². The largest absolute Gasteiger partial charge is 0.494 e. The van der Waals surface area contributed by atoms with Crippen LogP contribution in [0.25, 0.3) is 0 Å². The van der Waals surface area contributed by atoms with E-state index in [1.54, 1.807) is 0 Å². The summed E-state index contributed by atoms with van der Waals surface area (Å²) in [6.07, 6.45) is 0. The Labute approximate surface area is 92.8 Å². The van der Waals surface area contributed by atoms with Gasteiger partial charge < -0.3 is 15.7 Å². The van der Waals surface area contributed by atoms with Gasteiger partial charge >= 0.3 is 0 Å². The van der Waals surface area contributed by atoms with Gasteiger partial charge in [0, 0.05) is 0 Å². The topological polar surface area (TPSA) is 9.23 Å². The molecule has 0 heterocycles. The zero-order valence-corrected chi connectivity index (χ0v) is 9.80. The molecule has 66 valence electrons. The highest BCUT2D eigenvalue weighted by Gasteiger charge is 1.83. The van der Waals surface area contributed by atoms with Crippen molar-refractivity contribution in [1.82, 2.24) is 0 Å². The number of rotatable bonds is 2. The lowest BCUT2D eigenvalue weighted by atomic mass is 10.3. The first-order valence-corrected chi connectivity index (χ1v) is 5.43. The van der Waals surface area contributed by atoms with Gasteiger partial charge in [-0.25, -0.2) is 0 Å². The van der Waals surface area contributed by atoms with Crippen LogP contribution in [0, 0.1) is 0 Å². The highest BCUT2D eigenvalue weighted by molar-refractivity contribution is 8.03. The lowest BCUT2D eigenvalue weighted by Gasteiger charge is -1.99. The van der Waals surface area contributed by atoms with Crippen LogP contribution in [0.4, 0.5) is 0 Å². The van der Waals surface area contributed by atoms with Crippen LogP contribution in [0.1, 0.15) is 6.92 Å². The van der Waals surface area contributed by atoms with Crippen molar-refractivity contribution < 1.29 is 4.74 Å². The maximum absolute atomic E-state index is 5.21. The first kappa shape index (κ1) is 14.7. The summed E-state index contributed by atoms with van der Waals surface area (Å²) in [6.45, 7) is 2.72. The first-order chi connectivity index (χ1) is 5.43. The number of hydrogen-bond donors (Lipinski definition) is 1. The quantitative estimate of drug-likeness (QED) is 0.593. The molecule has 0 fully saturated rings. The van der Waals surface area contributed by atoms with E-state index >= 15 is 0 Å². The molecule has 4 heteroatoms. The molecule has 0 aliphatic heterocycles. The van der Waals surface area contributed by atoms with Crippen molar-refractivity contribution in [2.45, 2.75) is 6.92 Å². The fraction of sp³-hybridized carbons (Fsp3) is 0.250. The monoisotopic (exact) mass is 218 g/mol. The van der Waals surface area contributed by atoms with Gasteiger partial charge in [0.1, 0.15) is 5.75 Å². The molecule has 0 unspecified atom stereocenters. The standard InChI is InChI=1S/C8H10O.Al.ClH.H2S/c1-2-9-8-6-4-3-5-7-8;;;/h3-7H,2H2,1H3;;1H;1H2/q;+1;;/p-1. The molecule has 0 aromatic heterocycles. The minimum atomic E-state index is 0. The fourth-order valence-corrected chi connectivity index (χ4v) is 0.683. The third-order valence-electron chi connectivity index (χ3n) is 1.05. The van der Waals surface area contributed by atoms with Gasteiger partial charge in [0.2, 0.25) is 15.2 Å². The molecule has 1 aromatic carbocycles. The maximum atomic E-state index is 5.21. The van der Waals surface area contributed by atoms with E-state index in [-0.39, 0.29) is 12.4 Å². The number of ether oxygens (including phenoxy) is 1. The van der Waals surface area contributed by atoms with Gasteiger partial charge in [-0.1, -0.05) is 18.2 Å². The normalized spacial score (nSPS) is 7.17. The lowest BCUT2D eigenvalue weighted by molar-refractivity contribution is 0.340. The second-order valence-corrected chi connectivity index (χ2v) is 1.75. The third-order valence-corrected chi connectivity index (χ3v) is 1.05. The van der Waals surface area contributed by atoms with E-state index in [1.807, 2.05) is 37.3 Å². The number of halogens is 1. The number of thiol groups is 1. The van der Waals surface area contributed by atoms with Crippen LogP contribution in [-0.4, -0.2) is 21.8 Å². The van der Waals surface area contributed by atoms with Gasteiger partial charge in [-0.3, -0.25) is 0 Å². The minimum Gasteiger partial charge on any atom is -0.494 e. The van der Waals surface area contributed by atoms with E-state index in [1.165, 1.54) is 0 Å². The van der Waals surface area contributed by atoms with Crippen molar-refractivity contribution in [3.63, 3.8) is 0 Å². The molecule has 0 saturated carbocycles. The second-order valence-electron chi connectivity index (χ2n) is 1.75. The summed E-state index contributed by atoms with van der Waals surface area (Å²) in [7, 11) is 3.44.